The van der Waals surface area contributed by atoms with E-state index in [2.05, 4.69) is 10.1 Å². The number of aromatic hydroxyl groups is 2. The lowest BCUT2D eigenvalue weighted by molar-refractivity contribution is -0.384. The zero-order valence-electron chi connectivity index (χ0n) is 16.1. The summed E-state index contributed by atoms with van der Waals surface area (Å²) >= 11 is 1.41. The molecule has 1 heterocycles. The van der Waals surface area contributed by atoms with E-state index in [-0.39, 0.29) is 23.2 Å². The Morgan fingerprint density at radius 1 is 1.17 bits per heavy atom. The van der Waals surface area contributed by atoms with Gasteiger partial charge in [-0.25, -0.2) is 4.68 Å². The summed E-state index contributed by atoms with van der Waals surface area (Å²) < 4.78 is 1.66. The van der Waals surface area contributed by atoms with Crippen molar-refractivity contribution in [1.82, 2.24) is 4.68 Å². The smallest absolute Gasteiger partial charge is 0.269 e. The van der Waals surface area contributed by atoms with E-state index >= 15 is 0 Å². The summed E-state index contributed by atoms with van der Waals surface area (Å²) in [6.07, 6.45) is 0. The molecule has 2 aromatic carbocycles. The van der Waals surface area contributed by atoms with Crippen molar-refractivity contribution in [3.8, 4) is 22.8 Å². The molecule has 1 aromatic heterocycles. The highest BCUT2D eigenvalue weighted by Gasteiger charge is 2.13. The quantitative estimate of drug-likeness (QED) is 0.373. The molecule has 0 atom stereocenters. The van der Waals surface area contributed by atoms with Gasteiger partial charge < -0.3 is 10.2 Å². The van der Waals surface area contributed by atoms with E-state index in [1.54, 1.807) is 29.8 Å². The van der Waals surface area contributed by atoms with Crippen LogP contribution in [0.5, 0.6) is 11.5 Å². The van der Waals surface area contributed by atoms with Crippen LogP contribution in [0.2, 0.25) is 0 Å². The number of phenolic OH excluding ortho intramolecular Hbond substituents is 2. The second kappa shape index (κ2) is 8.27. The second-order valence-electron chi connectivity index (χ2n) is 6.63. The van der Waals surface area contributed by atoms with E-state index in [1.807, 2.05) is 19.2 Å². The Labute approximate surface area is 170 Å². The molecule has 0 bridgehead atoms. The fourth-order valence-corrected chi connectivity index (χ4v) is 3.65. The normalized spacial score (nSPS) is 12.6. The molecule has 9 heteroatoms. The van der Waals surface area contributed by atoms with Crippen LogP contribution in [0, 0.1) is 10.1 Å². The number of hydrogen-bond acceptors (Lipinski definition) is 7. The van der Waals surface area contributed by atoms with Crippen LogP contribution < -0.4 is 4.80 Å². The maximum atomic E-state index is 10.9. The zero-order valence-corrected chi connectivity index (χ0v) is 16.9. The zero-order chi connectivity index (χ0) is 21.1. The lowest BCUT2D eigenvalue weighted by Crippen LogP contribution is -2.16. The van der Waals surface area contributed by atoms with E-state index < -0.39 is 4.92 Å². The number of rotatable bonds is 5. The fourth-order valence-electron chi connectivity index (χ4n) is 2.69. The lowest BCUT2D eigenvalue weighted by Gasteiger charge is -2.08. The standard InChI is InChI=1S/C20H20N4O4S/c1-12(2)21-20-23(22-13(3)17-9-8-16(25)10-19(17)26)18(11-29-20)14-4-6-15(7-5-14)24(27)28/h4-12,25-26H,1-3H3. The van der Waals surface area contributed by atoms with Gasteiger partial charge in [0.1, 0.15) is 11.5 Å². The van der Waals surface area contributed by atoms with Crippen LogP contribution in [0.3, 0.4) is 0 Å². The highest BCUT2D eigenvalue weighted by Crippen LogP contribution is 2.25. The highest BCUT2D eigenvalue weighted by atomic mass is 32.1. The predicted octanol–water partition coefficient (Wildman–Crippen LogP) is 4.12. The Balaban J connectivity index is 2.15. The maximum Gasteiger partial charge on any atom is 0.269 e. The van der Waals surface area contributed by atoms with Crippen LogP contribution in [0.25, 0.3) is 11.3 Å². The number of hydrogen-bond donors (Lipinski definition) is 2. The SMILES string of the molecule is CC(=Nn1c(-c2ccc([N+](=O)[O-])cc2)csc1=NC(C)C)c1ccc(O)cc1O. The molecule has 0 saturated carbocycles. The van der Waals surface area contributed by atoms with Gasteiger partial charge in [-0.15, -0.1) is 11.3 Å². The Kier molecular flexibility index (Phi) is 5.79. The molecular weight excluding hydrogens is 392 g/mol. The number of phenols is 2. The number of nitro benzene ring substituents is 1. The molecule has 2 N–H and O–H groups in total. The largest absolute Gasteiger partial charge is 0.508 e. The molecule has 3 aromatic rings. The van der Waals surface area contributed by atoms with Gasteiger partial charge in [-0.05, 0) is 45.0 Å². The van der Waals surface area contributed by atoms with Gasteiger partial charge in [0.05, 0.1) is 16.3 Å². The van der Waals surface area contributed by atoms with Crippen LogP contribution >= 0.6 is 11.3 Å². The van der Waals surface area contributed by atoms with Crippen molar-refractivity contribution in [3.05, 3.63) is 68.3 Å². The van der Waals surface area contributed by atoms with Gasteiger partial charge in [0.2, 0.25) is 4.80 Å². The minimum Gasteiger partial charge on any atom is -0.508 e. The van der Waals surface area contributed by atoms with Gasteiger partial charge in [0.25, 0.3) is 5.69 Å². The summed E-state index contributed by atoms with van der Waals surface area (Å²) in [4.78, 5) is 15.7. The average Bonchev–Trinajstić information content (AvgIpc) is 3.03. The van der Waals surface area contributed by atoms with Crippen molar-refractivity contribution in [2.24, 2.45) is 10.1 Å². The number of non-ortho nitro benzene ring substituents is 1. The molecule has 0 aliphatic carbocycles. The van der Waals surface area contributed by atoms with Crippen LogP contribution in [0.15, 0.2) is 57.9 Å². The van der Waals surface area contributed by atoms with Crippen molar-refractivity contribution < 1.29 is 15.1 Å². The minimum atomic E-state index is -0.444. The average molecular weight is 412 g/mol. The first kappa shape index (κ1) is 20.3. The Hall–Kier alpha value is -3.46. The Morgan fingerprint density at radius 3 is 2.45 bits per heavy atom. The number of thiazole rings is 1. The molecule has 0 aliphatic rings. The van der Waals surface area contributed by atoms with Gasteiger partial charge in [0, 0.05) is 40.7 Å². The van der Waals surface area contributed by atoms with Crippen LogP contribution in [-0.4, -0.2) is 31.6 Å². The molecule has 0 spiro atoms. The summed E-state index contributed by atoms with van der Waals surface area (Å²) in [5.41, 5.74) is 2.49. The third-order valence-corrected chi connectivity index (χ3v) is 4.88. The third-order valence-electron chi connectivity index (χ3n) is 4.05. The fraction of sp³-hybridized carbons (Fsp3) is 0.200. The molecule has 0 fully saturated rings. The molecule has 0 unspecified atom stereocenters. The summed E-state index contributed by atoms with van der Waals surface area (Å²) in [5, 5.41) is 37.1. The number of nitro groups is 1. The summed E-state index contributed by atoms with van der Waals surface area (Å²) in [5.74, 6) is -0.120. The van der Waals surface area contributed by atoms with E-state index in [9.17, 15) is 20.3 Å². The Morgan fingerprint density at radius 2 is 1.86 bits per heavy atom. The molecule has 8 nitrogen and oxygen atoms in total. The van der Waals surface area contributed by atoms with Crippen LogP contribution in [0.4, 0.5) is 5.69 Å². The van der Waals surface area contributed by atoms with Crippen molar-refractivity contribution in [3.63, 3.8) is 0 Å². The van der Waals surface area contributed by atoms with E-state index in [0.29, 0.717) is 16.1 Å². The lowest BCUT2D eigenvalue weighted by atomic mass is 10.1. The summed E-state index contributed by atoms with van der Waals surface area (Å²) in [7, 11) is 0. The predicted molar refractivity (Wildman–Crippen MR) is 112 cm³/mol. The van der Waals surface area contributed by atoms with Crippen LogP contribution in [0.1, 0.15) is 26.3 Å². The monoisotopic (exact) mass is 412 g/mol. The first-order chi connectivity index (χ1) is 13.8. The third kappa shape index (κ3) is 4.52. The van der Waals surface area contributed by atoms with E-state index in [0.717, 1.165) is 11.3 Å². The van der Waals surface area contributed by atoms with Crippen molar-refractivity contribution >= 4 is 22.7 Å². The topological polar surface area (TPSA) is 113 Å². The van der Waals surface area contributed by atoms with E-state index in [1.165, 1.54) is 35.6 Å². The van der Waals surface area contributed by atoms with Gasteiger partial charge in [0.15, 0.2) is 0 Å². The molecule has 29 heavy (non-hydrogen) atoms. The van der Waals surface area contributed by atoms with Gasteiger partial charge in [-0.2, -0.15) is 5.10 Å². The maximum absolute atomic E-state index is 10.9. The van der Waals surface area contributed by atoms with Crippen molar-refractivity contribution in [2.75, 3.05) is 0 Å². The van der Waals surface area contributed by atoms with Crippen molar-refractivity contribution in [2.45, 2.75) is 26.8 Å². The summed E-state index contributed by atoms with van der Waals surface area (Å²) in [6, 6.07) is 10.6. The molecule has 0 radical (unpaired) electrons. The number of benzene rings is 2. The highest BCUT2D eigenvalue weighted by molar-refractivity contribution is 7.07. The van der Waals surface area contributed by atoms with Crippen molar-refractivity contribution in [1.29, 1.82) is 0 Å². The molecule has 0 saturated heterocycles. The molecule has 3 rings (SSSR count). The molecular formula is C20H20N4O4S. The molecule has 0 amide bonds. The first-order valence-electron chi connectivity index (χ1n) is 8.83. The van der Waals surface area contributed by atoms with Gasteiger partial charge in [-0.3, -0.25) is 15.1 Å². The molecule has 150 valence electrons. The summed E-state index contributed by atoms with van der Waals surface area (Å²) in [6.45, 7) is 5.66. The van der Waals surface area contributed by atoms with Crippen LogP contribution in [-0.2, 0) is 0 Å². The second-order valence-corrected chi connectivity index (χ2v) is 7.47. The van der Waals surface area contributed by atoms with Gasteiger partial charge in [-0.1, -0.05) is 0 Å². The molecule has 0 aliphatic heterocycles. The Bertz CT molecular complexity index is 1140. The van der Waals surface area contributed by atoms with Gasteiger partial charge >= 0.3 is 0 Å². The van der Waals surface area contributed by atoms with E-state index in [4.69, 9.17) is 0 Å². The number of aromatic nitrogens is 1. The minimum absolute atomic E-state index is 0.0105. The number of nitrogens with zero attached hydrogens (tertiary/aromatic N) is 4. The first-order valence-corrected chi connectivity index (χ1v) is 9.71.